The number of halogens is 3. The van der Waals surface area contributed by atoms with Gasteiger partial charge in [0.25, 0.3) is 11.5 Å². The molecule has 0 saturated heterocycles. The van der Waals surface area contributed by atoms with E-state index in [1.165, 1.54) is 36.7 Å². The number of alkyl halides is 2. The van der Waals surface area contributed by atoms with Gasteiger partial charge in [-0.15, -0.1) is 0 Å². The molecule has 0 unspecified atom stereocenters. The number of fused-ring (bicyclic) bond motifs is 1. The number of aromatic nitrogens is 2. The Bertz CT molecular complexity index is 1100. The molecule has 156 valence electrons. The van der Waals surface area contributed by atoms with Crippen LogP contribution in [-0.4, -0.2) is 16.1 Å². The minimum atomic E-state index is -3.17. The first kappa shape index (κ1) is 20.5. The van der Waals surface area contributed by atoms with Crippen LogP contribution in [-0.2, 0) is 32.0 Å². The fourth-order valence-electron chi connectivity index (χ4n) is 3.37. The molecule has 8 heteroatoms. The summed E-state index contributed by atoms with van der Waals surface area (Å²) in [6.45, 7) is 0.825. The Morgan fingerprint density at radius 1 is 1.17 bits per heavy atom. The highest BCUT2D eigenvalue weighted by molar-refractivity contribution is 6.30. The van der Waals surface area contributed by atoms with Crippen molar-refractivity contribution in [3.8, 4) is 5.75 Å². The Morgan fingerprint density at radius 3 is 2.80 bits per heavy atom. The van der Waals surface area contributed by atoms with Crippen LogP contribution in [0.3, 0.4) is 0 Å². The molecule has 3 aromatic rings. The Labute approximate surface area is 177 Å². The molecule has 0 saturated carbocycles. The molecule has 0 radical (unpaired) electrons. The first-order valence-corrected chi connectivity index (χ1v) is 9.93. The van der Waals surface area contributed by atoms with E-state index in [1.54, 1.807) is 18.2 Å². The summed E-state index contributed by atoms with van der Waals surface area (Å²) in [7, 11) is 0. The number of ether oxygens (including phenoxy) is 1. The number of nitrogens with one attached hydrogen (secondary N) is 1. The molecule has 5 nitrogen and oxygen atoms in total. The highest BCUT2D eigenvalue weighted by Gasteiger charge is 2.33. The van der Waals surface area contributed by atoms with Crippen molar-refractivity contribution in [3.05, 3.63) is 92.6 Å². The van der Waals surface area contributed by atoms with E-state index in [0.717, 1.165) is 28.7 Å². The molecule has 0 fully saturated rings. The largest absolute Gasteiger partial charge is 0.487 e. The average molecular weight is 432 g/mol. The summed E-state index contributed by atoms with van der Waals surface area (Å²) < 4.78 is 36.3. The highest BCUT2D eigenvalue weighted by Crippen LogP contribution is 2.31. The van der Waals surface area contributed by atoms with Crippen LogP contribution in [0.1, 0.15) is 22.4 Å². The molecule has 1 aliphatic heterocycles. The molecular formula is C22H20ClF2N3O2. The summed E-state index contributed by atoms with van der Waals surface area (Å²) in [5, 5.41) is 3.70. The highest BCUT2D eigenvalue weighted by atomic mass is 35.5. The molecule has 1 aliphatic rings. The molecule has 1 aromatic carbocycles. The Hall–Kier alpha value is -2.77. The summed E-state index contributed by atoms with van der Waals surface area (Å²) in [4.78, 5) is 16.4. The molecular weight excluding hydrogens is 412 g/mol. The number of hydrogen-bond acceptors (Lipinski definition) is 4. The van der Waals surface area contributed by atoms with Crippen molar-refractivity contribution in [3.63, 3.8) is 0 Å². The SMILES string of the molecule is O=c1cc(OCc2ccc(Cl)cn2)ccn1CC(F)(F)c1ccc2c(c1)CNCC2. The van der Waals surface area contributed by atoms with Crippen molar-refractivity contribution in [2.75, 3.05) is 6.54 Å². The van der Waals surface area contributed by atoms with Gasteiger partial charge in [-0.3, -0.25) is 9.78 Å². The van der Waals surface area contributed by atoms with Gasteiger partial charge in [-0.1, -0.05) is 23.7 Å². The molecule has 4 rings (SSSR count). The lowest BCUT2D eigenvalue weighted by atomic mass is 9.96. The first-order valence-electron chi connectivity index (χ1n) is 9.55. The van der Waals surface area contributed by atoms with Crippen molar-refractivity contribution in [1.82, 2.24) is 14.9 Å². The summed E-state index contributed by atoms with van der Waals surface area (Å²) in [5.41, 5.74) is 1.95. The monoisotopic (exact) mass is 431 g/mol. The first-order chi connectivity index (χ1) is 14.4. The lowest BCUT2D eigenvalue weighted by Crippen LogP contribution is -2.30. The van der Waals surface area contributed by atoms with Crippen LogP contribution in [0.15, 0.2) is 59.7 Å². The van der Waals surface area contributed by atoms with Crippen LogP contribution in [0.4, 0.5) is 8.78 Å². The molecule has 1 N–H and O–H groups in total. The zero-order valence-corrected chi connectivity index (χ0v) is 16.8. The third-order valence-corrected chi connectivity index (χ3v) is 5.25. The third kappa shape index (κ3) is 4.68. The van der Waals surface area contributed by atoms with Crippen molar-refractivity contribution in [2.45, 2.75) is 32.0 Å². The molecule has 0 bridgehead atoms. The van der Waals surface area contributed by atoms with Crippen molar-refractivity contribution in [1.29, 1.82) is 0 Å². The van der Waals surface area contributed by atoms with Gasteiger partial charge in [-0.05, 0) is 48.4 Å². The van der Waals surface area contributed by atoms with Crippen molar-refractivity contribution in [2.24, 2.45) is 0 Å². The van der Waals surface area contributed by atoms with Gasteiger partial charge >= 0.3 is 0 Å². The number of benzene rings is 1. The van der Waals surface area contributed by atoms with E-state index in [1.807, 2.05) is 0 Å². The third-order valence-electron chi connectivity index (χ3n) is 5.03. The van der Waals surface area contributed by atoms with E-state index >= 15 is 0 Å². The Morgan fingerprint density at radius 2 is 2.03 bits per heavy atom. The zero-order valence-electron chi connectivity index (χ0n) is 16.1. The number of hydrogen-bond donors (Lipinski definition) is 1. The maximum atomic E-state index is 14.9. The molecule has 30 heavy (non-hydrogen) atoms. The van der Waals surface area contributed by atoms with E-state index in [2.05, 4.69) is 10.3 Å². The van der Waals surface area contributed by atoms with E-state index in [-0.39, 0.29) is 17.9 Å². The fourth-order valence-corrected chi connectivity index (χ4v) is 3.48. The second kappa shape index (κ2) is 8.53. The second-order valence-electron chi connectivity index (χ2n) is 7.20. The molecule has 0 aliphatic carbocycles. The van der Waals surface area contributed by atoms with Gasteiger partial charge in [0.05, 0.1) is 17.3 Å². The van der Waals surface area contributed by atoms with Crippen LogP contribution in [0.2, 0.25) is 5.02 Å². The summed E-state index contributed by atoms with van der Waals surface area (Å²) in [6.07, 6.45) is 3.64. The summed E-state index contributed by atoms with van der Waals surface area (Å²) >= 11 is 5.79. The number of nitrogens with zero attached hydrogens (tertiary/aromatic N) is 2. The number of rotatable bonds is 6. The van der Waals surface area contributed by atoms with E-state index in [9.17, 15) is 13.6 Å². The van der Waals surface area contributed by atoms with Crippen LogP contribution >= 0.6 is 11.6 Å². The van der Waals surface area contributed by atoms with E-state index < -0.39 is 18.0 Å². The van der Waals surface area contributed by atoms with Gasteiger partial charge < -0.3 is 14.6 Å². The van der Waals surface area contributed by atoms with E-state index in [4.69, 9.17) is 16.3 Å². The zero-order chi connectivity index (χ0) is 21.1. The predicted octanol–water partition coefficient (Wildman–Crippen LogP) is 3.91. The average Bonchev–Trinajstić information content (AvgIpc) is 2.74. The summed E-state index contributed by atoms with van der Waals surface area (Å²) in [6, 6.07) is 10.8. The molecule has 0 amide bonds. The quantitative estimate of drug-likeness (QED) is 0.643. The van der Waals surface area contributed by atoms with Crippen molar-refractivity contribution < 1.29 is 13.5 Å². The van der Waals surface area contributed by atoms with Crippen LogP contribution in [0.25, 0.3) is 0 Å². The van der Waals surface area contributed by atoms with Gasteiger partial charge in [0, 0.05) is 30.6 Å². The van der Waals surface area contributed by atoms with Crippen LogP contribution < -0.4 is 15.6 Å². The predicted molar refractivity (Wildman–Crippen MR) is 110 cm³/mol. The van der Waals surface area contributed by atoms with Gasteiger partial charge in [-0.25, -0.2) is 0 Å². The maximum absolute atomic E-state index is 14.9. The standard InChI is InChI=1S/C22H20ClF2N3O2/c23-18-3-4-19(27-12-18)13-30-20-6-8-28(21(29)10-20)14-22(24,25)17-2-1-15-5-7-26-11-16(15)9-17/h1-4,6,8-10,12,26H,5,7,11,13-14H2. The molecule has 2 aromatic heterocycles. The van der Waals surface area contributed by atoms with Crippen molar-refractivity contribution >= 4 is 11.6 Å². The fraction of sp³-hybridized carbons (Fsp3) is 0.273. The van der Waals surface area contributed by atoms with Gasteiger partial charge in [0.2, 0.25) is 0 Å². The van der Waals surface area contributed by atoms with Crippen LogP contribution in [0.5, 0.6) is 5.75 Å². The smallest absolute Gasteiger partial charge is 0.290 e. The van der Waals surface area contributed by atoms with Crippen LogP contribution in [0, 0.1) is 0 Å². The van der Waals surface area contributed by atoms with Gasteiger partial charge in [0.1, 0.15) is 12.4 Å². The summed E-state index contributed by atoms with van der Waals surface area (Å²) in [5.74, 6) is -2.89. The lowest BCUT2D eigenvalue weighted by Gasteiger charge is -2.22. The second-order valence-corrected chi connectivity index (χ2v) is 7.64. The topological polar surface area (TPSA) is 56.1 Å². The van der Waals surface area contributed by atoms with E-state index in [0.29, 0.717) is 17.3 Å². The molecule has 0 spiro atoms. The Balaban J connectivity index is 1.46. The normalized spacial score (nSPS) is 13.7. The molecule has 3 heterocycles. The van der Waals surface area contributed by atoms with Gasteiger partial charge in [-0.2, -0.15) is 8.78 Å². The molecule has 0 atom stereocenters. The maximum Gasteiger partial charge on any atom is 0.290 e. The Kier molecular flexibility index (Phi) is 5.83. The lowest BCUT2D eigenvalue weighted by molar-refractivity contribution is -0.0233. The van der Waals surface area contributed by atoms with Gasteiger partial charge in [0.15, 0.2) is 0 Å². The number of pyridine rings is 2. The minimum absolute atomic E-state index is 0.0917. The minimum Gasteiger partial charge on any atom is -0.487 e.